The Kier molecular flexibility index (Phi) is 16.4. The highest BCUT2D eigenvalue weighted by molar-refractivity contribution is 5.83. The third-order valence-electron chi connectivity index (χ3n) is 7.53. The molecule has 0 saturated heterocycles. The zero-order chi connectivity index (χ0) is 22.9. The molecule has 2 aromatic carbocycles. The van der Waals surface area contributed by atoms with Crippen molar-refractivity contribution in [3.05, 3.63) is 42.5 Å². The first kappa shape index (κ1) is 29.8. The maximum atomic E-state index is 5.95. The molecule has 0 radical (unpaired) electrons. The zero-order valence-electron chi connectivity index (χ0n) is 21.8. The van der Waals surface area contributed by atoms with Crippen molar-refractivity contribution in [2.75, 3.05) is 32.8 Å². The van der Waals surface area contributed by atoms with Crippen LogP contribution in [0.25, 0.3) is 10.8 Å². The Morgan fingerprint density at radius 2 is 1.06 bits per heavy atom. The predicted molar refractivity (Wildman–Crippen MR) is 142 cm³/mol. The molecule has 0 atom stereocenters. The molecule has 0 aliphatic heterocycles. The number of rotatable bonds is 19. The smallest absolute Gasteiger partial charge is 0.119 e. The fourth-order valence-corrected chi connectivity index (χ4v) is 4.91. The monoisotopic (exact) mass is 475 g/mol. The molecule has 2 rings (SSSR count). The first-order valence-corrected chi connectivity index (χ1v) is 13.7. The van der Waals surface area contributed by atoms with Crippen LogP contribution in [-0.2, 0) is 0 Å². The molecule has 3 heteroatoms. The van der Waals surface area contributed by atoms with Gasteiger partial charge in [-0.15, -0.1) is 0 Å². The molecule has 0 bridgehead atoms. The van der Waals surface area contributed by atoms with E-state index in [4.69, 9.17) is 4.74 Å². The summed E-state index contributed by atoms with van der Waals surface area (Å²) in [5, 5.41) is 2.54. The van der Waals surface area contributed by atoms with Gasteiger partial charge in [0.1, 0.15) is 5.75 Å². The predicted octanol–water partition coefficient (Wildman–Crippen LogP) is 5.78. The standard InChI is InChI=1S/C30H50NO.ClH/c1-4-31(5-2,6-3)25-19-15-13-11-9-7-8-10-12-14-16-20-26-32-30-24-23-28-21-17-18-22-29(28)27-30;/h17-18,21-24,27H,4-16,19-20,25-26H2,1-3H3;1H/q+1;/p-1. The van der Waals surface area contributed by atoms with E-state index in [1.54, 1.807) is 0 Å². The second-order valence-corrected chi connectivity index (χ2v) is 9.61. The fourth-order valence-electron chi connectivity index (χ4n) is 4.91. The summed E-state index contributed by atoms with van der Waals surface area (Å²) in [5.74, 6) is 1.00. The maximum Gasteiger partial charge on any atom is 0.119 e. The van der Waals surface area contributed by atoms with E-state index in [9.17, 15) is 0 Å². The Balaban J connectivity index is 0.00000544. The van der Waals surface area contributed by atoms with Gasteiger partial charge in [0, 0.05) is 0 Å². The van der Waals surface area contributed by atoms with Crippen molar-refractivity contribution >= 4 is 10.8 Å². The number of nitrogens with zero attached hydrogens (tertiary/aromatic N) is 1. The molecule has 0 heterocycles. The van der Waals surface area contributed by atoms with E-state index in [0.29, 0.717) is 0 Å². The number of fused-ring (bicyclic) bond motifs is 1. The van der Waals surface area contributed by atoms with Crippen LogP contribution >= 0.6 is 0 Å². The van der Waals surface area contributed by atoms with Gasteiger partial charge in [-0.25, -0.2) is 0 Å². The molecule has 0 N–H and O–H groups in total. The topological polar surface area (TPSA) is 9.23 Å². The molecular formula is C30H50ClNO. The van der Waals surface area contributed by atoms with E-state index in [1.165, 1.54) is 118 Å². The van der Waals surface area contributed by atoms with Crippen molar-refractivity contribution in [3.63, 3.8) is 0 Å². The molecule has 0 aliphatic rings. The lowest BCUT2D eigenvalue weighted by molar-refractivity contribution is -0.923. The van der Waals surface area contributed by atoms with E-state index >= 15 is 0 Å². The number of hydrogen-bond donors (Lipinski definition) is 0. The summed E-state index contributed by atoms with van der Waals surface area (Å²) in [6, 6.07) is 14.9. The van der Waals surface area contributed by atoms with Gasteiger partial charge in [-0.1, -0.05) is 88.1 Å². The first-order chi connectivity index (χ1) is 15.7. The van der Waals surface area contributed by atoms with Crippen molar-refractivity contribution < 1.29 is 21.6 Å². The minimum Gasteiger partial charge on any atom is -1.00 e. The third kappa shape index (κ3) is 11.6. The summed E-state index contributed by atoms with van der Waals surface area (Å²) in [5.41, 5.74) is 0. The first-order valence-electron chi connectivity index (χ1n) is 13.7. The van der Waals surface area contributed by atoms with Crippen LogP contribution in [-0.4, -0.2) is 37.3 Å². The van der Waals surface area contributed by atoms with Crippen molar-refractivity contribution in [1.29, 1.82) is 0 Å². The summed E-state index contributed by atoms with van der Waals surface area (Å²) < 4.78 is 7.27. The molecule has 188 valence electrons. The largest absolute Gasteiger partial charge is 1.00 e. The molecule has 0 unspecified atom stereocenters. The van der Waals surface area contributed by atoms with Crippen molar-refractivity contribution in [2.24, 2.45) is 0 Å². The van der Waals surface area contributed by atoms with Gasteiger partial charge in [0.15, 0.2) is 0 Å². The molecule has 0 saturated carbocycles. The average Bonchev–Trinajstić information content (AvgIpc) is 2.84. The maximum absolute atomic E-state index is 5.95. The summed E-state index contributed by atoms with van der Waals surface area (Å²) in [4.78, 5) is 0. The SMILES string of the molecule is CC[N+](CC)(CC)CCCCCCCCCCCCCCOc1ccc2ccccc2c1.[Cl-]. The van der Waals surface area contributed by atoms with Gasteiger partial charge >= 0.3 is 0 Å². The molecular weight excluding hydrogens is 426 g/mol. The number of unbranched alkanes of at least 4 members (excludes halogenated alkanes) is 11. The lowest BCUT2D eigenvalue weighted by Crippen LogP contribution is -3.00. The van der Waals surface area contributed by atoms with Crippen molar-refractivity contribution in [1.82, 2.24) is 0 Å². The van der Waals surface area contributed by atoms with Gasteiger partial charge in [-0.05, 0) is 62.9 Å². The number of ether oxygens (including phenoxy) is 1. The number of hydrogen-bond acceptors (Lipinski definition) is 1. The van der Waals surface area contributed by atoms with Gasteiger partial charge < -0.3 is 21.6 Å². The zero-order valence-corrected chi connectivity index (χ0v) is 22.6. The number of halogens is 1. The van der Waals surface area contributed by atoms with Crippen molar-refractivity contribution in [2.45, 2.75) is 97.8 Å². The highest BCUT2D eigenvalue weighted by atomic mass is 35.5. The highest BCUT2D eigenvalue weighted by Crippen LogP contribution is 2.21. The van der Waals surface area contributed by atoms with E-state index in [1.807, 2.05) is 0 Å². The molecule has 0 fully saturated rings. The van der Waals surface area contributed by atoms with Gasteiger partial charge in [-0.3, -0.25) is 0 Å². The molecule has 0 spiro atoms. The van der Waals surface area contributed by atoms with Gasteiger partial charge in [0.25, 0.3) is 0 Å². The van der Waals surface area contributed by atoms with Crippen LogP contribution in [0.15, 0.2) is 42.5 Å². The second-order valence-electron chi connectivity index (χ2n) is 9.61. The Morgan fingerprint density at radius 1 is 0.576 bits per heavy atom. The lowest BCUT2D eigenvalue weighted by Gasteiger charge is -2.35. The number of quaternary nitrogens is 1. The van der Waals surface area contributed by atoms with E-state index in [0.717, 1.165) is 12.4 Å². The Labute approximate surface area is 211 Å². The van der Waals surface area contributed by atoms with Gasteiger partial charge in [-0.2, -0.15) is 0 Å². The van der Waals surface area contributed by atoms with E-state index in [2.05, 4.69) is 63.2 Å². The van der Waals surface area contributed by atoms with Crippen LogP contribution in [0.2, 0.25) is 0 Å². The summed E-state index contributed by atoms with van der Waals surface area (Å²) in [6.45, 7) is 13.2. The molecule has 2 nitrogen and oxygen atoms in total. The molecule has 0 amide bonds. The summed E-state index contributed by atoms with van der Waals surface area (Å²) >= 11 is 0. The Bertz CT molecular complexity index is 720. The molecule has 2 aromatic rings. The Morgan fingerprint density at radius 3 is 1.61 bits per heavy atom. The third-order valence-corrected chi connectivity index (χ3v) is 7.53. The lowest BCUT2D eigenvalue weighted by atomic mass is 10.0. The van der Waals surface area contributed by atoms with Crippen LogP contribution in [0, 0.1) is 0 Å². The normalized spacial score (nSPS) is 11.5. The highest BCUT2D eigenvalue weighted by Gasteiger charge is 2.19. The van der Waals surface area contributed by atoms with Crippen LogP contribution in [0.3, 0.4) is 0 Å². The van der Waals surface area contributed by atoms with E-state index < -0.39 is 0 Å². The second kappa shape index (κ2) is 18.1. The van der Waals surface area contributed by atoms with Crippen LogP contribution in [0.1, 0.15) is 97.8 Å². The van der Waals surface area contributed by atoms with Crippen molar-refractivity contribution in [3.8, 4) is 5.75 Å². The van der Waals surface area contributed by atoms with E-state index in [-0.39, 0.29) is 12.4 Å². The fraction of sp³-hybridized carbons (Fsp3) is 0.667. The van der Waals surface area contributed by atoms with Gasteiger partial charge in [0.05, 0.1) is 32.8 Å². The molecule has 33 heavy (non-hydrogen) atoms. The molecule has 0 aliphatic carbocycles. The van der Waals surface area contributed by atoms with Crippen LogP contribution in [0.4, 0.5) is 0 Å². The quantitative estimate of drug-likeness (QED) is 0.185. The van der Waals surface area contributed by atoms with Crippen LogP contribution < -0.4 is 17.1 Å². The number of benzene rings is 2. The van der Waals surface area contributed by atoms with Crippen LogP contribution in [0.5, 0.6) is 5.75 Å². The Hall–Kier alpha value is -1.25. The van der Waals surface area contributed by atoms with Gasteiger partial charge in [0.2, 0.25) is 0 Å². The molecule has 0 aromatic heterocycles. The average molecular weight is 476 g/mol. The minimum absolute atomic E-state index is 0. The summed E-state index contributed by atoms with van der Waals surface area (Å²) in [7, 11) is 0. The minimum atomic E-state index is 0. The summed E-state index contributed by atoms with van der Waals surface area (Å²) in [6.07, 6.45) is 16.6.